The number of benzene rings is 1. The summed E-state index contributed by atoms with van der Waals surface area (Å²) < 4.78 is 5.39. The molecule has 0 aromatic heterocycles. The Morgan fingerprint density at radius 3 is 2.58 bits per heavy atom. The molecule has 0 unspecified atom stereocenters. The first-order valence-electron chi connectivity index (χ1n) is 8.91. The van der Waals surface area contributed by atoms with Gasteiger partial charge in [-0.15, -0.1) is 0 Å². The van der Waals surface area contributed by atoms with E-state index in [2.05, 4.69) is 23.0 Å². The summed E-state index contributed by atoms with van der Waals surface area (Å²) in [6, 6.07) is 6.81. The van der Waals surface area contributed by atoms with Gasteiger partial charge in [-0.05, 0) is 75.0 Å². The first-order chi connectivity index (χ1) is 12.4. The molecular formula is C18H24N4O3S. The average molecular weight is 376 g/mol. The molecule has 1 aromatic rings. The molecule has 1 aliphatic heterocycles. The molecule has 1 saturated carbocycles. The highest BCUT2D eigenvalue weighted by atomic mass is 32.1. The van der Waals surface area contributed by atoms with Gasteiger partial charge in [0.2, 0.25) is 0 Å². The highest BCUT2D eigenvalue weighted by molar-refractivity contribution is 7.80. The Labute approximate surface area is 158 Å². The number of ether oxygens (including phenoxy) is 1. The Bertz CT molecular complexity index is 699. The van der Waals surface area contributed by atoms with Crippen LogP contribution in [0.25, 0.3) is 0 Å². The van der Waals surface area contributed by atoms with Gasteiger partial charge in [0.25, 0.3) is 5.91 Å². The Morgan fingerprint density at radius 1 is 1.31 bits per heavy atom. The zero-order chi connectivity index (χ0) is 18.7. The molecule has 3 amide bonds. The van der Waals surface area contributed by atoms with Crippen molar-refractivity contribution in [2.45, 2.75) is 45.1 Å². The van der Waals surface area contributed by atoms with E-state index in [4.69, 9.17) is 17.0 Å². The Kier molecular flexibility index (Phi) is 5.31. The molecule has 3 N–H and O–H groups in total. The van der Waals surface area contributed by atoms with Crippen LogP contribution >= 0.6 is 12.2 Å². The number of hydrogen-bond acceptors (Lipinski definition) is 4. The van der Waals surface area contributed by atoms with Crippen LogP contribution in [0.15, 0.2) is 24.3 Å². The maximum absolute atomic E-state index is 12.8. The molecule has 2 fully saturated rings. The molecule has 8 heteroatoms. The van der Waals surface area contributed by atoms with Crippen molar-refractivity contribution in [3.63, 3.8) is 0 Å². The molecule has 3 rings (SSSR count). The van der Waals surface area contributed by atoms with Gasteiger partial charge in [-0.25, -0.2) is 4.79 Å². The number of carbonyl (C=O) groups excluding carboxylic acids is 2. The lowest BCUT2D eigenvalue weighted by atomic mass is 9.77. The number of thiocarbonyl (C=S) groups is 1. The van der Waals surface area contributed by atoms with E-state index >= 15 is 0 Å². The van der Waals surface area contributed by atoms with Gasteiger partial charge in [-0.2, -0.15) is 5.01 Å². The van der Waals surface area contributed by atoms with Gasteiger partial charge < -0.3 is 15.4 Å². The second kappa shape index (κ2) is 7.49. The quantitative estimate of drug-likeness (QED) is 0.554. The van der Waals surface area contributed by atoms with Gasteiger partial charge in [-0.1, -0.05) is 6.92 Å². The minimum Gasteiger partial charge on any atom is -0.494 e. The molecule has 0 bridgehead atoms. The third-order valence-corrected chi connectivity index (χ3v) is 5.12. The van der Waals surface area contributed by atoms with Crippen molar-refractivity contribution in [2.75, 3.05) is 11.9 Å². The van der Waals surface area contributed by atoms with Crippen molar-refractivity contribution >= 4 is 35.0 Å². The van der Waals surface area contributed by atoms with Gasteiger partial charge in [-0.3, -0.25) is 10.2 Å². The van der Waals surface area contributed by atoms with Crippen LogP contribution in [0.1, 0.15) is 39.5 Å². The average Bonchev–Trinajstić information content (AvgIpc) is 2.84. The minimum atomic E-state index is -0.786. The normalized spacial score (nSPS) is 25.2. The number of imide groups is 1. The molecule has 1 heterocycles. The fourth-order valence-electron chi connectivity index (χ4n) is 3.38. The maximum Gasteiger partial charge on any atom is 0.344 e. The number of nitrogens with zero attached hydrogens (tertiary/aromatic N) is 1. The van der Waals surface area contributed by atoms with Gasteiger partial charge in [0.05, 0.1) is 6.61 Å². The van der Waals surface area contributed by atoms with Gasteiger partial charge >= 0.3 is 6.03 Å². The van der Waals surface area contributed by atoms with Crippen LogP contribution in [0.2, 0.25) is 0 Å². The lowest BCUT2D eigenvalue weighted by Crippen LogP contribution is -2.52. The SMILES string of the molecule is CCOc1ccc(NC(=S)NN2C(=O)NC3(CCC(C)CC3)C2=O)cc1. The number of hydrazine groups is 1. The lowest BCUT2D eigenvalue weighted by molar-refractivity contribution is -0.133. The smallest absolute Gasteiger partial charge is 0.344 e. The zero-order valence-corrected chi connectivity index (χ0v) is 15.8. The van der Waals surface area contributed by atoms with E-state index in [1.807, 2.05) is 31.2 Å². The van der Waals surface area contributed by atoms with Gasteiger partial charge in [0, 0.05) is 5.69 Å². The molecule has 0 atom stereocenters. The van der Waals surface area contributed by atoms with Crippen LogP contribution < -0.4 is 20.8 Å². The summed E-state index contributed by atoms with van der Waals surface area (Å²) in [5.74, 6) is 1.08. The third kappa shape index (κ3) is 3.75. The van der Waals surface area contributed by atoms with Gasteiger partial charge in [0.1, 0.15) is 11.3 Å². The highest BCUT2D eigenvalue weighted by Crippen LogP contribution is 2.35. The van der Waals surface area contributed by atoms with E-state index in [1.54, 1.807) is 0 Å². The second-order valence-electron chi connectivity index (χ2n) is 6.86. The first kappa shape index (κ1) is 18.4. The van der Waals surface area contributed by atoms with Gasteiger partial charge in [0.15, 0.2) is 5.11 Å². The van der Waals surface area contributed by atoms with E-state index in [-0.39, 0.29) is 11.0 Å². The molecule has 1 saturated heterocycles. The second-order valence-corrected chi connectivity index (χ2v) is 7.27. The molecule has 1 aromatic carbocycles. The molecule has 1 aliphatic carbocycles. The molecule has 140 valence electrons. The third-order valence-electron chi connectivity index (χ3n) is 4.93. The molecular weight excluding hydrogens is 352 g/mol. The Hall–Kier alpha value is -2.35. The standard InChI is InChI=1S/C18H24N4O3S/c1-3-25-14-6-4-13(5-7-14)19-16(26)21-22-15(23)18(20-17(22)24)10-8-12(2)9-11-18/h4-7,12H,3,8-11H2,1-2H3,(H,20,24)(H2,19,21,26). The predicted octanol–water partition coefficient (Wildman–Crippen LogP) is 2.79. The summed E-state index contributed by atoms with van der Waals surface area (Å²) in [6.07, 6.45) is 3.18. The van der Waals surface area contributed by atoms with Crippen molar-refractivity contribution in [1.82, 2.24) is 15.8 Å². The van der Waals surface area contributed by atoms with Crippen molar-refractivity contribution in [2.24, 2.45) is 5.92 Å². The Balaban J connectivity index is 1.60. The highest BCUT2D eigenvalue weighted by Gasteiger charge is 2.52. The van der Waals surface area contributed by atoms with Crippen molar-refractivity contribution < 1.29 is 14.3 Å². The molecule has 1 spiro atoms. The lowest BCUT2D eigenvalue weighted by Gasteiger charge is -2.33. The number of rotatable bonds is 4. The number of carbonyl (C=O) groups is 2. The van der Waals surface area contributed by atoms with E-state index in [0.717, 1.165) is 29.3 Å². The number of urea groups is 1. The summed E-state index contributed by atoms with van der Waals surface area (Å²) in [6.45, 7) is 4.68. The van der Waals surface area contributed by atoms with Crippen molar-refractivity contribution in [3.05, 3.63) is 24.3 Å². The number of hydrogen-bond donors (Lipinski definition) is 3. The summed E-state index contributed by atoms with van der Waals surface area (Å²) in [4.78, 5) is 25.1. The summed E-state index contributed by atoms with van der Waals surface area (Å²) in [5.41, 5.74) is 2.66. The zero-order valence-electron chi connectivity index (χ0n) is 15.0. The fraction of sp³-hybridized carbons (Fsp3) is 0.500. The molecule has 26 heavy (non-hydrogen) atoms. The maximum atomic E-state index is 12.8. The molecule has 2 aliphatic rings. The number of nitrogens with one attached hydrogen (secondary N) is 3. The fourth-order valence-corrected chi connectivity index (χ4v) is 3.59. The van der Waals surface area contributed by atoms with E-state index in [0.29, 0.717) is 25.4 Å². The monoisotopic (exact) mass is 376 g/mol. The molecule has 0 radical (unpaired) electrons. The van der Waals surface area contributed by atoms with E-state index in [1.165, 1.54) is 0 Å². The van der Waals surface area contributed by atoms with Crippen LogP contribution in [0.3, 0.4) is 0 Å². The van der Waals surface area contributed by atoms with Crippen molar-refractivity contribution in [1.29, 1.82) is 0 Å². The number of amides is 3. The predicted molar refractivity (Wildman–Crippen MR) is 103 cm³/mol. The largest absolute Gasteiger partial charge is 0.494 e. The van der Waals surface area contributed by atoms with Crippen LogP contribution in [-0.2, 0) is 4.79 Å². The van der Waals surface area contributed by atoms with Crippen LogP contribution in [0.4, 0.5) is 10.5 Å². The van der Waals surface area contributed by atoms with Crippen LogP contribution in [-0.4, -0.2) is 34.2 Å². The van der Waals surface area contributed by atoms with Crippen LogP contribution in [0.5, 0.6) is 5.75 Å². The topological polar surface area (TPSA) is 82.7 Å². The van der Waals surface area contributed by atoms with E-state index < -0.39 is 11.6 Å². The minimum absolute atomic E-state index is 0.180. The number of anilines is 1. The first-order valence-corrected chi connectivity index (χ1v) is 9.31. The molecule has 7 nitrogen and oxygen atoms in total. The summed E-state index contributed by atoms with van der Waals surface area (Å²) >= 11 is 5.24. The Morgan fingerprint density at radius 2 is 1.96 bits per heavy atom. The van der Waals surface area contributed by atoms with Crippen LogP contribution in [0, 0.1) is 5.92 Å². The van der Waals surface area contributed by atoms with E-state index in [9.17, 15) is 9.59 Å². The van der Waals surface area contributed by atoms with Crippen molar-refractivity contribution in [3.8, 4) is 5.75 Å². The summed E-state index contributed by atoms with van der Waals surface area (Å²) in [5, 5.41) is 6.99. The summed E-state index contributed by atoms with van der Waals surface area (Å²) in [7, 11) is 0.